The third-order valence-corrected chi connectivity index (χ3v) is 6.31. The van der Waals surface area contributed by atoms with Crippen molar-refractivity contribution < 1.29 is 13.9 Å². The second-order valence-electron chi connectivity index (χ2n) is 8.62. The molecule has 31 heavy (non-hydrogen) atoms. The Balaban J connectivity index is 1.29. The van der Waals surface area contributed by atoms with Gasteiger partial charge in [-0.15, -0.1) is 0 Å². The maximum atomic E-state index is 12.1. The lowest BCUT2D eigenvalue weighted by Crippen LogP contribution is -2.46. The van der Waals surface area contributed by atoms with Crippen LogP contribution in [-0.2, 0) is 23.3 Å². The van der Waals surface area contributed by atoms with Crippen LogP contribution in [0.25, 0.3) is 5.69 Å². The fourth-order valence-electron chi connectivity index (χ4n) is 4.59. The first-order valence-electron chi connectivity index (χ1n) is 10.9. The highest BCUT2D eigenvalue weighted by atomic mass is 16.5. The molecule has 2 aromatic heterocycles. The number of carbonyl (C=O) groups excluding carboxylic acids is 1. The number of likely N-dealkylation sites (tertiary alicyclic amines) is 1. The molecule has 2 aliphatic heterocycles. The Morgan fingerprint density at radius 3 is 2.65 bits per heavy atom. The summed E-state index contributed by atoms with van der Waals surface area (Å²) in [5.74, 6) is 1.10. The topological polar surface area (TPSA) is 63.7 Å². The summed E-state index contributed by atoms with van der Waals surface area (Å²) in [4.78, 5) is 16.0. The minimum absolute atomic E-state index is 0.110. The van der Waals surface area contributed by atoms with Crippen molar-refractivity contribution in [1.29, 1.82) is 0 Å². The number of benzene rings is 1. The number of hydrogen-bond acceptors (Lipinski definition) is 5. The van der Waals surface area contributed by atoms with Gasteiger partial charge in [0.15, 0.2) is 5.76 Å². The summed E-state index contributed by atoms with van der Waals surface area (Å²) >= 11 is 0. The fraction of sp³-hybridized carbons (Fsp3) is 0.417. The summed E-state index contributed by atoms with van der Waals surface area (Å²) < 4.78 is 14.1. The Morgan fingerprint density at radius 2 is 1.90 bits per heavy atom. The summed E-state index contributed by atoms with van der Waals surface area (Å²) in [6.07, 6.45) is 4.86. The Morgan fingerprint density at radius 1 is 1.13 bits per heavy atom. The van der Waals surface area contributed by atoms with Gasteiger partial charge in [-0.2, -0.15) is 5.10 Å². The Labute approximate surface area is 182 Å². The standard InChI is InChI=1S/C24H28N4O3/c1-26(2)23(29)21-9-8-20(31-21)17-27-13-11-24(12-14-27)22-18(10-15-30-24)16-28(25-22)19-6-4-3-5-7-19/h3-9,16H,10-15,17H2,1-2H3. The van der Waals surface area contributed by atoms with Gasteiger partial charge in [0.05, 0.1) is 24.5 Å². The number of hydrogen-bond donors (Lipinski definition) is 0. The molecule has 7 nitrogen and oxygen atoms in total. The first-order chi connectivity index (χ1) is 15.0. The second kappa shape index (κ2) is 7.98. The maximum absolute atomic E-state index is 12.1. The molecule has 1 aromatic carbocycles. The van der Waals surface area contributed by atoms with E-state index in [0.29, 0.717) is 12.3 Å². The van der Waals surface area contributed by atoms with Gasteiger partial charge in [-0.25, -0.2) is 4.68 Å². The molecule has 0 N–H and O–H groups in total. The van der Waals surface area contributed by atoms with Crippen LogP contribution >= 0.6 is 0 Å². The highest BCUT2D eigenvalue weighted by Crippen LogP contribution is 2.41. The van der Waals surface area contributed by atoms with Gasteiger partial charge < -0.3 is 14.1 Å². The van der Waals surface area contributed by atoms with Crippen molar-refractivity contribution in [3.8, 4) is 5.69 Å². The highest BCUT2D eigenvalue weighted by Gasteiger charge is 2.43. The van der Waals surface area contributed by atoms with E-state index in [4.69, 9.17) is 14.3 Å². The Kier molecular flexibility index (Phi) is 5.16. The van der Waals surface area contributed by atoms with Crippen LogP contribution in [0.2, 0.25) is 0 Å². The predicted molar refractivity (Wildman–Crippen MR) is 116 cm³/mol. The molecular weight excluding hydrogens is 392 g/mol. The quantitative estimate of drug-likeness (QED) is 0.649. The summed E-state index contributed by atoms with van der Waals surface area (Å²) in [6, 6.07) is 13.9. The molecule has 0 aliphatic carbocycles. The third kappa shape index (κ3) is 3.79. The Bertz CT molecular complexity index is 1060. The number of piperidine rings is 1. The van der Waals surface area contributed by atoms with Gasteiger partial charge in [-0.1, -0.05) is 18.2 Å². The van der Waals surface area contributed by atoms with Crippen LogP contribution in [-0.4, -0.2) is 59.3 Å². The molecule has 7 heteroatoms. The van der Waals surface area contributed by atoms with E-state index in [2.05, 4.69) is 23.2 Å². The first-order valence-corrected chi connectivity index (χ1v) is 10.9. The molecule has 4 heterocycles. The first kappa shape index (κ1) is 20.0. The molecule has 162 valence electrons. The summed E-state index contributed by atoms with van der Waals surface area (Å²) in [5, 5.41) is 4.96. The zero-order chi connectivity index (χ0) is 21.4. The summed E-state index contributed by atoms with van der Waals surface area (Å²) in [6.45, 7) is 3.23. The van der Waals surface area contributed by atoms with E-state index < -0.39 is 0 Å². The molecule has 1 saturated heterocycles. The molecule has 0 bridgehead atoms. The van der Waals surface area contributed by atoms with E-state index in [-0.39, 0.29) is 11.5 Å². The van der Waals surface area contributed by atoms with Crippen LogP contribution in [0.1, 0.15) is 40.4 Å². The number of fused-ring (bicyclic) bond motifs is 2. The zero-order valence-corrected chi connectivity index (χ0v) is 18.1. The molecular formula is C24H28N4O3. The number of furan rings is 1. The Hall–Kier alpha value is -2.90. The lowest BCUT2D eigenvalue weighted by atomic mass is 9.84. The number of rotatable bonds is 4. The van der Waals surface area contributed by atoms with Gasteiger partial charge in [-0.05, 0) is 49.1 Å². The summed E-state index contributed by atoms with van der Waals surface area (Å²) in [5.41, 5.74) is 3.16. The van der Waals surface area contributed by atoms with Crippen molar-refractivity contribution in [3.05, 3.63) is 71.4 Å². The van der Waals surface area contributed by atoms with Gasteiger partial charge in [0, 0.05) is 33.4 Å². The molecule has 0 atom stereocenters. The maximum Gasteiger partial charge on any atom is 0.289 e. The van der Waals surface area contributed by atoms with Crippen molar-refractivity contribution in [1.82, 2.24) is 19.6 Å². The minimum atomic E-state index is -0.306. The molecule has 0 radical (unpaired) electrons. The lowest BCUT2D eigenvalue weighted by molar-refractivity contribution is -0.102. The molecule has 0 unspecified atom stereocenters. The van der Waals surface area contributed by atoms with Crippen LogP contribution < -0.4 is 0 Å². The largest absolute Gasteiger partial charge is 0.455 e. The number of para-hydroxylation sites is 1. The molecule has 5 rings (SSSR count). The van der Waals surface area contributed by atoms with Crippen LogP contribution in [0.15, 0.2) is 53.1 Å². The zero-order valence-electron chi connectivity index (χ0n) is 18.1. The van der Waals surface area contributed by atoms with E-state index in [0.717, 1.165) is 56.1 Å². The van der Waals surface area contributed by atoms with Gasteiger partial charge in [0.25, 0.3) is 5.91 Å². The lowest BCUT2D eigenvalue weighted by Gasteiger charge is -2.42. The van der Waals surface area contributed by atoms with Gasteiger partial charge in [-0.3, -0.25) is 9.69 Å². The van der Waals surface area contributed by atoms with E-state index in [9.17, 15) is 4.79 Å². The molecule has 1 amide bonds. The van der Waals surface area contributed by atoms with Gasteiger partial charge >= 0.3 is 0 Å². The molecule has 1 spiro atoms. The third-order valence-electron chi connectivity index (χ3n) is 6.31. The van der Waals surface area contributed by atoms with Crippen LogP contribution in [0, 0.1) is 0 Å². The fourth-order valence-corrected chi connectivity index (χ4v) is 4.59. The predicted octanol–water partition coefficient (Wildman–Crippen LogP) is 3.23. The van der Waals surface area contributed by atoms with E-state index in [1.54, 1.807) is 20.2 Å². The molecule has 1 fully saturated rings. The van der Waals surface area contributed by atoms with E-state index in [1.807, 2.05) is 28.9 Å². The number of nitrogens with zero attached hydrogens (tertiary/aromatic N) is 4. The second-order valence-corrected chi connectivity index (χ2v) is 8.62. The van der Waals surface area contributed by atoms with Crippen LogP contribution in [0.5, 0.6) is 0 Å². The van der Waals surface area contributed by atoms with Crippen molar-refractivity contribution in [2.24, 2.45) is 0 Å². The number of amides is 1. The molecule has 0 saturated carbocycles. The van der Waals surface area contributed by atoms with Crippen molar-refractivity contribution in [2.75, 3.05) is 33.8 Å². The molecule has 2 aliphatic rings. The van der Waals surface area contributed by atoms with Gasteiger partial charge in [0.2, 0.25) is 0 Å². The molecule has 3 aromatic rings. The average Bonchev–Trinajstić information content (AvgIpc) is 3.44. The van der Waals surface area contributed by atoms with Crippen LogP contribution in [0.3, 0.4) is 0 Å². The van der Waals surface area contributed by atoms with Crippen LogP contribution in [0.4, 0.5) is 0 Å². The van der Waals surface area contributed by atoms with Crippen molar-refractivity contribution >= 4 is 5.91 Å². The normalized spacial score (nSPS) is 18.1. The van der Waals surface area contributed by atoms with Crippen molar-refractivity contribution in [2.45, 2.75) is 31.4 Å². The van der Waals surface area contributed by atoms with E-state index >= 15 is 0 Å². The number of carbonyl (C=O) groups is 1. The van der Waals surface area contributed by atoms with Gasteiger partial charge in [0.1, 0.15) is 11.4 Å². The summed E-state index contributed by atoms with van der Waals surface area (Å²) in [7, 11) is 3.46. The van der Waals surface area contributed by atoms with Crippen molar-refractivity contribution in [3.63, 3.8) is 0 Å². The number of aromatic nitrogens is 2. The minimum Gasteiger partial charge on any atom is -0.455 e. The van der Waals surface area contributed by atoms with E-state index in [1.165, 1.54) is 10.5 Å². The number of ether oxygens (including phenoxy) is 1. The highest BCUT2D eigenvalue weighted by molar-refractivity contribution is 5.91. The smallest absolute Gasteiger partial charge is 0.289 e. The average molecular weight is 421 g/mol. The monoisotopic (exact) mass is 420 g/mol. The SMILES string of the molecule is CN(C)C(=O)c1ccc(CN2CCC3(CC2)OCCc2cn(-c4ccccc4)nc23)o1.